The van der Waals surface area contributed by atoms with Gasteiger partial charge < -0.3 is 5.11 Å². The highest BCUT2D eigenvalue weighted by molar-refractivity contribution is 7.09. The number of carboxylic acids is 1. The van der Waals surface area contributed by atoms with E-state index in [1.165, 1.54) is 6.08 Å². The molecule has 2 aromatic rings. The molecule has 0 bridgehead atoms. The first kappa shape index (κ1) is 13.8. The van der Waals surface area contributed by atoms with E-state index in [-0.39, 0.29) is 5.91 Å². The monoisotopic (exact) mass is 290 g/mol. The van der Waals surface area contributed by atoms with Crippen molar-refractivity contribution in [2.45, 2.75) is 6.92 Å². The van der Waals surface area contributed by atoms with Gasteiger partial charge in [-0.1, -0.05) is 15.7 Å². The molecule has 2 N–H and O–H groups in total. The van der Waals surface area contributed by atoms with Crippen molar-refractivity contribution in [1.29, 1.82) is 0 Å². The van der Waals surface area contributed by atoms with E-state index in [0.29, 0.717) is 16.3 Å². The zero-order chi connectivity index (χ0) is 14.5. The molecule has 1 aromatic carbocycles. The van der Waals surface area contributed by atoms with Gasteiger partial charge in [0.05, 0.1) is 0 Å². The molecule has 0 atom stereocenters. The van der Waals surface area contributed by atoms with Crippen LogP contribution >= 0.6 is 11.5 Å². The molecule has 0 fully saturated rings. The number of amides is 1. The summed E-state index contributed by atoms with van der Waals surface area (Å²) in [5.41, 5.74) is 1.93. The third-order valence-corrected chi connectivity index (χ3v) is 2.98. The molecule has 0 radical (unpaired) electrons. The highest BCUT2D eigenvalue weighted by Gasteiger charge is 2.09. The molecular weight excluding hydrogens is 280 g/mol. The lowest BCUT2D eigenvalue weighted by Gasteiger charge is -2.05. The molecule has 2 rings (SSSR count). The van der Waals surface area contributed by atoms with Crippen LogP contribution in [-0.2, 0) is 4.79 Å². The van der Waals surface area contributed by atoms with Gasteiger partial charge in [-0.15, -0.1) is 0 Å². The van der Waals surface area contributed by atoms with Crippen LogP contribution in [0.5, 0.6) is 0 Å². The zero-order valence-corrected chi connectivity index (χ0v) is 11.2. The van der Waals surface area contributed by atoms with E-state index >= 15 is 0 Å². The van der Waals surface area contributed by atoms with Gasteiger partial charge in [0.1, 0.15) is 0 Å². The Morgan fingerprint density at radius 2 is 2.20 bits per heavy atom. The first-order valence-electron chi connectivity index (χ1n) is 5.54. The van der Waals surface area contributed by atoms with E-state index < -0.39 is 5.97 Å². The minimum absolute atomic E-state index is 0.304. The van der Waals surface area contributed by atoms with Crippen LogP contribution in [0.2, 0.25) is 0 Å². The van der Waals surface area contributed by atoms with Crippen molar-refractivity contribution in [2.24, 2.45) is 0 Å². The molecule has 20 heavy (non-hydrogen) atoms. The van der Waals surface area contributed by atoms with Crippen LogP contribution in [0.3, 0.4) is 0 Å². The van der Waals surface area contributed by atoms with Crippen LogP contribution in [-0.4, -0.2) is 31.8 Å². The fraction of sp³-hybridized carbons (Fsp3) is 0.0833. The van der Waals surface area contributed by atoms with Crippen LogP contribution < -0.4 is 5.32 Å². The molecule has 1 amide bonds. The summed E-state index contributed by atoms with van der Waals surface area (Å²) in [7, 11) is 0. The normalized spacial score (nSPS) is 10.7. The highest BCUT2D eigenvalue weighted by atomic mass is 32.1. The maximum absolute atomic E-state index is 12.0. The second kappa shape index (κ2) is 6.02. The van der Waals surface area contributed by atoms with Gasteiger partial charge in [-0.05, 0) is 41.5 Å². The molecule has 8 heteroatoms. The van der Waals surface area contributed by atoms with Crippen LogP contribution in [0.25, 0.3) is 6.08 Å². The Morgan fingerprint density at radius 1 is 1.40 bits per heavy atom. The number of aryl methyl sites for hydroxylation is 1. The molecule has 0 aliphatic carbocycles. The number of anilines is 1. The first-order chi connectivity index (χ1) is 9.56. The number of aliphatic carboxylic acids is 1. The lowest BCUT2D eigenvalue weighted by molar-refractivity contribution is -0.131. The summed E-state index contributed by atoms with van der Waals surface area (Å²) in [6.07, 6.45) is 2.47. The second-order valence-corrected chi connectivity index (χ2v) is 4.60. The summed E-state index contributed by atoms with van der Waals surface area (Å²) >= 11 is 0.972. The van der Waals surface area contributed by atoms with Crippen molar-refractivity contribution in [2.75, 3.05) is 5.32 Å². The Labute approximate surface area is 118 Å². The average molecular weight is 290 g/mol. The fourth-order valence-corrected chi connectivity index (χ4v) is 1.84. The molecule has 102 valence electrons. The highest BCUT2D eigenvalue weighted by Crippen LogP contribution is 2.15. The topological polar surface area (TPSA) is 105 Å². The third kappa shape index (κ3) is 3.45. The number of carboxylic acid groups (broad SMARTS) is 1. The van der Waals surface area contributed by atoms with Gasteiger partial charge in [0.2, 0.25) is 5.13 Å². The predicted octanol–water partition coefficient (Wildman–Crippen LogP) is 1.59. The van der Waals surface area contributed by atoms with Crippen molar-refractivity contribution in [1.82, 2.24) is 14.8 Å². The van der Waals surface area contributed by atoms with Crippen LogP contribution in [0, 0.1) is 6.92 Å². The smallest absolute Gasteiger partial charge is 0.328 e. The van der Waals surface area contributed by atoms with Gasteiger partial charge >= 0.3 is 5.97 Å². The number of hydrogen-bond acceptors (Lipinski definition) is 6. The number of nitrogens with one attached hydrogen (secondary N) is 1. The van der Waals surface area contributed by atoms with Crippen molar-refractivity contribution < 1.29 is 14.7 Å². The summed E-state index contributed by atoms with van der Waals surface area (Å²) in [6.45, 7) is 1.83. The van der Waals surface area contributed by atoms with E-state index in [1.807, 2.05) is 6.92 Å². The molecule has 0 aliphatic heterocycles. The quantitative estimate of drug-likeness (QED) is 0.828. The lowest BCUT2D eigenvalue weighted by atomic mass is 10.0. The number of benzene rings is 1. The van der Waals surface area contributed by atoms with E-state index in [9.17, 15) is 9.59 Å². The predicted molar refractivity (Wildman–Crippen MR) is 73.5 cm³/mol. The zero-order valence-electron chi connectivity index (χ0n) is 10.4. The van der Waals surface area contributed by atoms with Gasteiger partial charge in [0, 0.05) is 23.2 Å². The minimum atomic E-state index is -1.04. The molecule has 0 aliphatic rings. The molecular formula is C12H10N4O3S. The van der Waals surface area contributed by atoms with Gasteiger partial charge in [0.15, 0.2) is 0 Å². The van der Waals surface area contributed by atoms with Crippen LogP contribution in [0.15, 0.2) is 24.3 Å². The lowest BCUT2D eigenvalue weighted by Crippen LogP contribution is -2.12. The Bertz CT molecular complexity index is 667. The van der Waals surface area contributed by atoms with Gasteiger partial charge in [-0.2, -0.15) is 0 Å². The summed E-state index contributed by atoms with van der Waals surface area (Å²) in [5, 5.41) is 18.5. The van der Waals surface area contributed by atoms with Crippen LogP contribution in [0.1, 0.15) is 21.5 Å². The molecule has 0 saturated heterocycles. The van der Waals surface area contributed by atoms with E-state index in [0.717, 1.165) is 23.2 Å². The summed E-state index contributed by atoms with van der Waals surface area (Å²) in [5.74, 6) is -1.40. The van der Waals surface area contributed by atoms with Crippen molar-refractivity contribution in [3.63, 3.8) is 0 Å². The van der Waals surface area contributed by atoms with Crippen LogP contribution in [0.4, 0.5) is 5.13 Å². The Kier molecular flexibility index (Phi) is 4.16. The molecule has 1 heterocycles. The molecule has 0 unspecified atom stereocenters. The number of carbonyl (C=O) groups excluding carboxylic acids is 1. The minimum Gasteiger partial charge on any atom is -0.478 e. The van der Waals surface area contributed by atoms with E-state index in [1.54, 1.807) is 18.2 Å². The maximum Gasteiger partial charge on any atom is 0.328 e. The number of rotatable bonds is 4. The first-order valence-corrected chi connectivity index (χ1v) is 6.31. The largest absolute Gasteiger partial charge is 0.478 e. The number of carbonyl (C=O) groups is 2. The van der Waals surface area contributed by atoms with Crippen molar-refractivity contribution in [3.8, 4) is 0 Å². The fourth-order valence-electron chi connectivity index (χ4n) is 1.47. The Balaban J connectivity index is 2.22. The molecule has 0 saturated carbocycles. The molecule has 0 spiro atoms. The van der Waals surface area contributed by atoms with Gasteiger partial charge in [-0.25, -0.2) is 4.79 Å². The number of hydrogen-bond donors (Lipinski definition) is 2. The van der Waals surface area contributed by atoms with E-state index in [4.69, 9.17) is 5.11 Å². The summed E-state index contributed by atoms with van der Waals surface area (Å²) in [4.78, 5) is 22.5. The molecule has 1 aromatic heterocycles. The average Bonchev–Trinajstić information content (AvgIpc) is 2.90. The van der Waals surface area contributed by atoms with Gasteiger partial charge in [0.25, 0.3) is 5.91 Å². The number of nitrogens with zero attached hydrogens (tertiary/aromatic N) is 3. The standard InChI is InChI=1S/C12H10N4O3S/c1-7-2-3-9(6-8(7)4-5-10(17)18)11(19)13-12-14-15-16-20-12/h2-6H,1H3,(H,17,18)(H,13,14,16,19)/b5-4+. The maximum atomic E-state index is 12.0. The van der Waals surface area contributed by atoms with Crippen molar-refractivity contribution >= 4 is 34.6 Å². The van der Waals surface area contributed by atoms with Gasteiger partial charge in [-0.3, -0.25) is 10.1 Å². The Hall–Kier alpha value is -2.61. The Morgan fingerprint density at radius 3 is 2.85 bits per heavy atom. The van der Waals surface area contributed by atoms with Crippen molar-refractivity contribution in [3.05, 3.63) is 41.0 Å². The summed E-state index contributed by atoms with van der Waals surface area (Å²) < 4.78 is 3.54. The number of aromatic nitrogens is 3. The SMILES string of the molecule is Cc1ccc(C(=O)Nc2nnns2)cc1/C=C/C(=O)O. The van der Waals surface area contributed by atoms with E-state index in [2.05, 4.69) is 20.1 Å². The second-order valence-electron chi connectivity index (χ2n) is 3.86. The third-order valence-electron chi connectivity index (χ3n) is 2.47. The molecule has 7 nitrogen and oxygen atoms in total. The summed E-state index contributed by atoms with van der Waals surface area (Å²) in [6, 6.07) is 5.00.